The second-order valence-corrected chi connectivity index (χ2v) is 6.58. The number of para-hydroxylation sites is 1. The quantitative estimate of drug-likeness (QED) is 0.636. The molecule has 0 aliphatic heterocycles. The van der Waals surface area contributed by atoms with Gasteiger partial charge in [-0.15, -0.1) is 0 Å². The number of benzene rings is 2. The summed E-state index contributed by atoms with van der Waals surface area (Å²) in [5.41, 5.74) is 3.54. The van der Waals surface area contributed by atoms with E-state index in [1.54, 1.807) is 12.3 Å². The number of rotatable bonds is 5. The van der Waals surface area contributed by atoms with E-state index >= 15 is 0 Å². The Morgan fingerprint density at radius 2 is 2.00 bits per heavy atom. The zero-order chi connectivity index (χ0) is 17.8. The van der Waals surface area contributed by atoms with E-state index in [1.165, 1.54) is 0 Å². The highest BCUT2D eigenvalue weighted by molar-refractivity contribution is 9.10. The number of anilines is 1. The number of aryl methyl sites for hydroxylation is 1. The lowest BCUT2D eigenvalue weighted by Gasteiger charge is -2.08. The molecule has 3 rings (SSSR count). The molecule has 0 unspecified atom stereocenters. The van der Waals surface area contributed by atoms with Gasteiger partial charge in [-0.25, -0.2) is 0 Å². The molecule has 0 aliphatic rings. The zero-order valence-electron chi connectivity index (χ0n) is 13.6. The Morgan fingerprint density at radius 3 is 2.80 bits per heavy atom. The molecule has 0 radical (unpaired) electrons. The number of nitrogens with one attached hydrogen (secondary N) is 2. The topological polar surface area (TPSA) is 71.2 Å². The normalized spacial score (nSPS) is 10.6. The minimum absolute atomic E-state index is 0.117. The smallest absolute Gasteiger partial charge is 0.310 e. The van der Waals surface area contributed by atoms with E-state index in [-0.39, 0.29) is 18.9 Å². The summed E-state index contributed by atoms with van der Waals surface area (Å²) in [6.07, 6.45) is 1.90. The van der Waals surface area contributed by atoms with Crippen LogP contribution in [0.3, 0.4) is 0 Å². The molecule has 1 aromatic heterocycles. The molecule has 2 aromatic carbocycles. The van der Waals surface area contributed by atoms with Crippen molar-refractivity contribution in [3.63, 3.8) is 0 Å². The van der Waals surface area contributed by atoms with Gasteiger partial charge in [0.2, 0.25) is 0 Å². The number of aromatic amines is 1. The van der Waals surface area contributed by atoms with Gasteiger partial charge in [-0.05, 0) is 52.2 Å². The number of carbonyl (C=O) groups excluding carboxylic acids is 2. The van der Waals surface area contributed by atoms with Crippen molar-refractivity contribution < 1.29 is 14.3 Å². The lowest BCUT2D eigenvalue weighted by atomic mass is 10.1. The van der Waals surface area contributed by atoms with Crippen molar-refractivity contribution in [3.8, 4) is 0 Å². The minimum atomic E-state index is -0.442. The van der Waals surface area contributed by atoms with Crippen LogP contribution in [0, 0.1) is 6.92 Å². The number of fused-ring (bicyclic) bond motifs is 1. The van der Waals surface area contributed by atoms with Crippen molar-refractivity contribution >= 4 is 44.4 Å². The number of hydrogen-bond donors (Lipinski definition) is 2. The Labute approximate surface area is 153 Å². The van der Waals surface area contributed by atoms with Crippen LogP contribution in [0.25, 0.3) is 10.9 Å². The Bertz CT molecular complexity index is 933. The van der Waals surface area contributed by atoms with Crippen molar-refractivity contribution in [2.75, 3.05) is 11.9 Å². The van der Waals surface area contributed by atoms with Crippen LogP contribution in [0.4, 0.5) is 5.69 Å². The predicted octanol–water partition coefficient (Wildman–Crippen LogP) is 3.96. The van der Waals surface area contributed by atoms with E-state index in [1.807, 2.05) is 43.3 Å². The van der Waals surface area contributed by atoms with E-state index in [2.05, 4.69) is 26.2 Å². The van der Waals surface area contributed by atoms with E-state index in [0.717, 1.165) is 26.5 Å². The highest BCUT2D eigenvalue weighted by Crippen LogP contribution is 2.23. The number of aromatic nitrogens is 1. The van der Waals surface area contributed by atoms with Gasteiger partial charge in [0.05, 0.1) is 12.1 Å². The first kappa shape index (κ1) is 17.2. The summed E-state index contributed by atoms with van der Waals surface area (Å²) in [5.74, 6) is -0.820. The van der Waals surface area contributed by atoms with Crippen LogP contribution in [0.2, 0.25) is 0 Å². The maximum absolute atomic E-state index is 12.0. The third kappa shape index (κ3) is 4.28. The lowest BCUT2D eigenvalue weighted by molar-refractivity contribution is -0.146. The van der Waals surface area contributed by atoms with Gasteiger partial charge in [-0.3, -0.25) is 9.59 Å². The van der Waals surface area contributed by atoms with Crippen molar-refractivity contribution in [3.05, 3.63) is 64.3 Å². The molecule has 1 heterocycles. The Kier molecular flexibility index (Phi) is 5.19. The second kappa shape index (κ2) is 7.53. The average Bonchev–Trinajstić information content (AvgIpc) is 2.99. The standard InChI is InChI=1S/C19H17BrN2O3/c1-12-6-7-17(15(20)8-12)22-18(23)11-25-19(24)9-13-10-21-16-5-3-2-4-14(13)16/h2-8,10,21H,9,11H2,1H3,(H,22,23). The number of amides is 1. The predicted molar refractivity (Wildman–Crippen MR) is 100 cm³/mol. The van der Waals surface area contributed by atoms with E-state index in [4.69, 9.17) is 4.74 Å². The number of hydrogen-bond acceptors (Lipinski definition) is 3. The Morgan fingerprint density at radius 1 is 1.20 bits per heavy atom. The minimum Gasteiger partial charge on any atom is -0.455 e. The van der Waals surface area contributed by atoms with Gasteiger partial charge in [0.15, 0.2) is 6.61 Å². The summed E-state index contributed by atoms with van der Waals surface area (Å²) < 4.78 is 5.86. The molecule has 0 bridgehead atoms. The number of carbonyl (C=O) groups is 2. The molecule has 25 heavy (non-hydrogen) atoms. The van der Waals surface area contributed by atoms with Gasteiger partial charge in [0, 0.05) is 21.6 Å². The van der Waals surface area contributed by atoms with Gasteiger partial charge in [-0.2, -0.15) is 0 Å². The summed E-state index contributed by atoms with van der Waals surface area (Å²) in [6.45, 7) is 1.64. The molecule has 0 spiro atoms. The maximum Gasteiger partial charge on any atom is 0.310 e. The highest BCUT2D eigenvalue weighted by Gasteiger charge is 2.12. The molecule has 5 nitrogen and oxygen atoms in total. The highest BCUT2D eigenvalue weighted by atomic mass is 79.9. The van der Waals surface area contributed by atoms with Gasteiger partial charge >= 0.3 is 5.97 Å². The van der Waals surface area contributed by atoms with Crippen LogP contribution in [0.5, 0.6) is 0 Å². The van der Waals surface area contributed by atoms with Crippen LogP contribution in [0.15, 0.2) is 53.1 Å². The fourth-order valence-electron chi connectivity index (χ4n) is 2.54. The van der Waals surface area contributed by atoms with Gasteiger partial charge in [0.1, 0.15) is 0 Å². The molecular weight excluding hydrogens is 384 g/mol. The summed E-state index contributed by atoms with van der Waals surface area (Å²) in [4.78, 5) is 27.1. The van der Waals surface area contributed by atoms with Crippen LogP contribution < -0.4 is 5.32 Å². The fraction of sp³-hybridized carbons (Fsp3) is 0.158. The zero-order valence-corrected chi connectivity index (χ0v) is 15.2. The van der Waals surface area contributed by atoms with Crippen molar-refractivity contribution in [2.24, 2.45) is 0 Å². The molecule has 0 saturated carbocycles. The molecule has 0 saturated heterocycles. The van der Waals surface area contributed by atoms with Crippen molar-refractivity contribution in [2.45, 2.75) is 13.3 Å². The van der Waals surface area contributed by atoms with Gasteiger partial charge in [-0.1, -0.05) is 24.3 Å². The van der Waals surface area contributed by atoms with Gasteiger partial charge in [0.25, 0.3) is 5.91 Å². The van der Waals surface area contributed by atoms with E-state index in [9.17, 15) is 9.59 Å². The van der Waals surface area contributed by atoms with Crippen LogP contribution in [-0.2, 0) is 20.7 Å². The first-order chi connectivity index (χ1) is 12.0. The second-order valence-electron chi connectivity index (χ2n) is 5.73. The lowest BCUT2D eigenvalue weighted by Crippen LogP contribution is -2.21. The summed E-state index contributed by atoms with van der Waals surface area (Å²) in [6, 6.07) is 13.3. The number of H-pyrrole nitrogens is 1. The van der Waals surface area contributed by atoms with Gasteiger partial charge < -0.3 is 15.0 Å². The van der Waals surface area contributed by atoms with Crippen molar-refractivity contribution in [1.29, 1.82) is 0 Å². The SMILES string of the molecule is Cc1ccc(NC(=O)COC(=O)Cc2c[nH]c3ccccc23)c(Br)c1. The maximum atomic E-state index is 12.0. The molecule has 6 heteroatoms. The summed E-state index contributed by atoms with van der Waals surface area (Å²) in [7, 11) is 0. The van der Waals surface area contributed by atoms with Crippen molar-refractivity contribution in [1.82, 2.24) is 4.98 Å². The molecule has 0 fully saturated rings. The average molecular weight is 401 g/mol. The molecule has 3 aromatic rings. The van der Waals surface area contributed by atoms with Crippen LogP contribution in [0.1, 0.15) is 11.1 Å². The van der Waals surface area contributed by atoms with Crippen LogP contribution >= 0.6 is 15.9 Å². The number of esters is 1. The summed E-state index contributed by atoms with van der Waals surface area (Å²) >= 11 is 3.39. The largest absolute Gasteiger partial charge is 0.455 e. The van der Waals surface area contributed by atoms with Crippen LogP contribution in [-0.4, -0.2) is 23.5 Å². The monoisotopic (exact) mass is 400 g/mol. The first-order valence-corrected chi connectivity index (χ1v) is 8.59. The third-order valence-corrected chi connectivity index (χ3v) is 4.43. The molecule has 0 atom stereocenters. The first-order valence-electron chi connectivity index (χ1n) is 7.79. The molecule has 128 valence electrons. The summed E-state index contributed by atoms with van der Waals surface area (Å²) in [5, 5.41) is 3.69. The number of ether oxygens (including phenoxy) is 1. The molecule has 0 aliphatic carbocycles. The Balaban J connectivity index is 1.54. The fourth-order valence-corrected chi connectivity index (χ4v) is 3.13. The number of halogens is 1. The van der Waals surface area contributed by atoms with E-state index < -0.39 is 5.97 Å². The molecular formula is C19H17BrN2O3. The Hall–Kier alpha value is -2.60. The molecule has 1 amide bonds. The molecule has 2 N–H and O–H groups in total. The van der Waals surface area contributed by atoms with E-state index in [0.29, 0.717) is 5.69 Å². The third-order valence-electron chi connectivity index (χ3n) is 3.77.